The first kappa shape index (κ1) is 12.2. The van der Waals surface area contributed by atoms with Gasteiger partial charge in [-0.1, -0.05) is 11.6 Å². The fraction of sp³-hybridized carbons (Fsp3) is 0.273. The van der Waals surface area contributed by atoms with Crippen molar-refractivity contribution in [2.45, 2.75) is 6.92 Å². The molecule has 0 aromatic heterocycles. The molecule has 1 amide bonds. The average Bonchev–Trinajstić information content (AvgIpc) is 2.28. The number of carbonyl (C=O) groups excluding carboxylic acids is 2. The summed E-state index contributed by atoms with van der Waals surface area (Å²) in [7, 11) is 1.21. The van der Waals surface area contributed by atoms with Gasteiger partial charge in [0.15, 0.2) is 0 Å². The maximum Gasteiger partial charge on any atom is 0.325 e. The van der Waals surface area contributed by atoms with Gasteiger partial charge in [-0.2, -0.15) is 0 Å². The van der Waals surface area contributed by atoms with Crippen LogP contribution < -0.4 is 5.32 Å². The maximum absolute atomic E-state index is 13.2. The van der Waals surface area contributed by atoms with E-state index in [1.54, 1.807) is 13.0 Å². The predicted molar refractivity (Wildman–Crippen MR) is 55.5 cm³/mol. The largest absolute Gasteiger partial charge is 0.468 e. The van der Waals surface area contributed by atoms with E-state index in [0.717, 1.165) is 5.56 Å². The number of aryl methyl sites for hydroxylation is 1. The van der Waals surface area contributed by atoms with E-state index in [4.69, 9.17) is 0 Å². The van der Waals surface area contributed by atoms with E-state index >= 15 is 0 Å². The molecule has 0 saturated carbocycles. The summed E-state index contributed by atoms with van der Waals surface area (Å²) < 4.78 is 17.6. The van der Waals surface area contributed by atoms with Crippen molar-refractivity contribution in [2.24, 2.45) is 0 Å². The molecule has 16 heavy (non-hydrogen) atoms. The van der Waals surface area contributed by atoms with Gasteiger partial charge in [0.05, 0.1) is 12.7 Å². The van der Waals surface area contributed by atoms with Gasteiger partial charge < -0.3 is 10.1 Å². The molecule has 0 bridgehead atoms. The molecule has 86 valence electrons. The third-order valence-corrected chi connectivity index (χ3v) is 1.99. The third kappa shape index (κ3) is 3.05. The molecule has 0 heterocycles. The number of halogens is 1. The van der Waals surface area contributed by atoms with E-state index in [1.165, 1.54) is 19.2 Å². The van der Waals surface area contributed by atoms with Gasteiger partial charge in [0, 0.05) is 0 Å². The van der Waals surface area contributed by atoms with Crippen LogP contribution in [0.1, 0.15) is 15.9 Å². The molecule has 0 saturated heterocycles. The summed E-state index contributed by atoms with van der Waals surface area (Å²) in [5, 5.41) is 2.26. The Bertz CT molecular complexity index is 418. The van der Waals surface area contributed by atoms with Crippen LogP contribution in [-0.4, -0.2) is 25.5 Å². The van der Waals surface area contributed by atoms with E-state index in [2.05, 4.69) is 10.1 Å². The number of amides is 1. The van der Waals surface area contributed by atoms with E-state index in [0.29, 0.717) is 0 Å². The number of methoxy groups -OCH3 is 1. The highest BCUT2D eigenvalue weighted by molar-refractivity contribution is 5.96. The first-order valence-electron chi connectivity index (χ1n) is 4.65. The molecule has 0 aliphatic carbocycles. The fourth-order valence-corrected chi connectivity index (χ4v) is 1.13. The summed E-state index contributed by atoms with van der Waals surface area (Å²) >= 11 is 0. The Morgan fingerprint density at radius 1 is 1.44 bits per heavy atom. The van der Waals surface area contributed by atoms with Crippen LogP contribution in [0.4, 0.5) is 4.39 Å². The molecule has 1 rings (SSSR count). The summed E-state index contributed by atoms with van der Waals surface area (Å²) in [6, 6.07) is 4.19. The van der Waals surface area contributed by atoms with Crippen LogP contribution in [-0.2, 0) is 9.53 Å². The van der Waals surface area contributed by atoms with Crippen molar-refractivity contribution >= 4 is 11.9 Å². The fourth-order valence-electron chi connectivity index (χ4n) is 1.13. The Hall–Kier alpha value is -1.91. The minimum atomic E-state index is -0.633. The maximum atomic E-state index is 13.2. The minimum absolute atomic E-state index is 0.0797. The summed E-state index contributed by atoms with van der Waals surface area (Å²) in [4.78, 5) is 22.2. The van der Waals surface area contributed by atoms with Gasteiger partial charge in [0.25, 0.3) is 5.91 Å². The van der Waals surface area contributed by atoms with Crippen LogP contribution in [0.5, 0.6) is 0 Å². The highest BCUT2D eigenvalue weighted by Crippen LogP contribution is 2.09. The number of benzene rings is 1. The van der Waals surface area contributed by atoms with Crippen LogP contribution in [0, 0.1) is 12.7 Å². The number of nitrogens with one attached hydrogen (secondary N) is 1. The van der Waals surface area contributed by atoms with Crippen LogP contribution in [0.25, 0.3) is 0 Å². The SMILES string of the molecule is COC(=O)CNC(=O)c1cc(C)ccc1F. The highest BCUT2D eigenvalue weighted by atomic mass is 19.1. The van der Waals surface area contributed by atoms with E-state index in [1.807, 2.05) is 0 Å². The van der Waals surface area contributed by atoms with Crippen LogP contribution >= 0.6 is 0 Å². The first-order chi connectivity index (χ1) is 7.54. The van der Waals surface area contributed by atoms with Gasteiger partial charge in [0.1, 0.15) is 12.4 Å². The summed E-state index contributed by atoms with van der Waals surface area (Å²) in [5.74, 6) is -1.83. The first-order valence-corrected chi connectivity index (χ1v) is 4.65. The number of hydrogen-bond donors (Lipinski definition) is 1. The predicted octanol–water partition coefficient (Wildman–Crippen LogP) is 1.04. The summed E-state index contributed by atoms with van der Waals surface area (Å²) in [6.45, 7) is 1.47. The monoisotopic (exact) mass is 225 g/mol. The van der Waals surface area contributed by atoms with Crippen molar-refractivity contribution in [3.05, 3.63) is 35.1 Å². The third-order valence-electron chi connectivity index (χ3n) is 1.99. The Morgan fingerprint density at radius 3 is 2.75 bits per heavy atom. The molecule has 0 aliphatic rings. The van der Waals surface area contributed by atoms with E-state index in [-0.39, 0.29) is 12.1 Å². The van der Waals surface area contributed by atoms with Crippen molar-refractivity contribution in [3.63, 3.8) is 0 Å². The summed E-state index contributed by atoms with van der Waals surface area (Å²) in [6.07, 6.45) is 0. The number of hydrogen-bond acceptors (Lipinski definition) is 3. The van der Waals surface area contributed by atoms with Gasteiger partial charge in [-0.15, -0.1) is 0 Å². The Labute approximate surface area is 92.4 Å². The lowest BCUT2D eigenvalue weighted by molar-refractivity contribution is -0.139. The zero-order chi connectivity index (χ0) is 12.1. The Balaban J connectivity index is 2.73. The molecule has 0 fully saturated rings. The standard InChI is InChI=1S/C11H12FNO3/c1-7-3-4-9(12)8(5-7)11(15)13-6-10(14)16-2/h3-5H,6H2,1-2H3,(H,13,15). The van der Waals surface area contributed by atoms with E-state index in [9.17, 15) is 14.0 Å². The highest BCUT2D eigenvalue weighted by Gasteiger charge is 2.12. The Morgan fingerprint density at radius 2 is 2.12 bits per heavy atom. The molecular weight excluding hydrogens is 213 g/mol. The topological polar surface area (TPSA) is 55.4 Å². The average molecular weight is 225 g/mol. The minimum Gasteiger partial charge on any atom is -0.468 e. The molecule has 0 atom stereocenters. The number of rotatable bonds is 3. The molecule has 4 nitrogen and oxygen atoms in total. The van der Waals surface area contributed by atoms with Crippen LogP contribution in [0.2, 0.25) is 0 Å². The van der Waals surface area contributed by atoms with Crippen LogP contribution in [0.3, 0.4) is 0 Å². The molecule has 1 aromatic carbocycles. The van der Waals surface area contributed by atoms with Crippen molar-refractivity contribution < 1.29 is 18.7 Å². The number of esters is 1. The second kappa shape index (κ2) is 5.25. The van der Waals surface area contributed by atoms with Crippen molar-refractivity contribution in [3.8, 4) is 0 Å². The second-order valence-electron chi connectivity index (χ2n) is 3.24. The zero-order valence-electron chi connectivity index (χ0n) is 9.04. The van der Waals surface area contributed by atoms with Gasteiger partial charge in [-0.05, 0) is 19.1 Å². The molecule has 0 aliphatic heterocycles. The van der Waals surface area contributed by atoms with Crippen molar-refractivity contribution in [1.29, 1.82) is 0 Å². The molecule has 5 heteroatoms. The van der Waals surface area contributed by atoms with Crippen molar-refractivity contribution in [1.82, 2.24) is 5.32 Å². The molecule has 1 aromatic rings. The quantitative estimate of drug-likeness (QED) is 0.782. The van der Waals surface area contributed by atoms with Gasteiger partial charge in [-0.3, -0.25) is 9.59 Å². The normalized spacial score (nSPS) is 9.69. The molecular formula is C11H12FNO3. The lowest BCUT2D eigenvalue weighted by Crippen LogP contribution is -2.30. The zero-order valence-corrected chi connectivity index (χ0v) is 9.04. The molecule has 0 spiro atoms. The second-order valence-corrected chi connectivity index (χ2v) is 3.24. The van der Waals surface area contributed by atoms with Gasteiger partial charge >= 0.3 is 5.97 Å². The van der Waals surface area contributed by atoms with Crippen molar-refractivity contribution in [2.75, 3.05) is 13.7 Å². The smallest absolute Gasteiger partial charge is 0.325 e. The molecule has 0 radical (unpaired) electrons. The Kier molecular flexibility index (Phi) is 3.99. The van der Waals surface area contributed by atoms with Crippen LogP contribution in [0.15, 0.2) is 18.2 Å². The lowest BCUT2D eigenvalue weighted by atomic mass is 10.1. The number of ether oxygens (including phenoxy) is 1. The van der Waals surface area contributed by atoms with E-state index < -0.39 is 17.7 Å². The van der Waals surface area contributed by atoms with Gasteiger partial charge in [0.2, 0.25) is 0 Å². The molecule has 0 unspecified atom stereocenters. The number of carbonyl (C=O) groups is 2. The van der Waals surface area contributed by atoms with Gasteiger partial charge in [-0.25, -0.2) is 4.39 Å². The summed E-state index contributed by atoms with van der Waals surface area (Å²) in [5.41, 5.74) is 0.688. The lowest BCUT2D eigenvalue weighted by Gasteiger charge is -2.05. The molecule has 1 N–H and O–H groups in total.